The van der Waals surface area contributed by atoms with Crippen LogP contribution in [0.1, 0.15) is 20.3 Å². The van der Waals surface area contributed by atoms with Crippen LogP contribution < -0.4 is 15.8 Å². The lowest BCUT2D eigenvalue weighted by Crippen LogP contribution is -2.30. The highest BCUT2D eigenvalue weighted by Crippen LogP contribution is 2.24. The lowest BCUT2D eigenvalue weighted by Gasteiger charge is -2.21. The molecular formula is C13H22N2O. The molecule has 3 heteroatoms. The van der Waals surface area contributed by atoms with Crippen LogP contribution in [0.2, 0.25) is 0 Å². The van der Waals surface area contributed by atoms with E-state index in [1.54, 1.807) is 7.11 Å². The minimum absolute atomic E-state index is 0.302. The summed E-state index contributed by atoms with van der Waals surface area (Å²) in [7, 11) is 1.68. The standard InChI is InChI=1S/C13H22N2O/c1-10(2)8-11(9-14)15-12-6-4-5-7-13(12)16-3/h4-7,10-11,15H,8-9,14H2,1-3H3. The van der Waals surface area contributed by atoms with Crippen LogP contribution in [0.4, 0.5) is 5.69 Å². The van der Waals surface area contributed by atoms with Gasteiger partial charge in [-0.05, 0) is 24.5 Å². The Bertz CT molecular complexity index is 313. The highest BCUT2D eigenvalue weighted by molar-refractivity contribution is 5.56. The normalized spacial score (nSPS) is 12.6. The lowest BCUT2D eigenvalue weighted by molar-refractivity contribution is 0.415. The lowest BCUT2D eigenvalue weighted by atomic mass is 10.0. The number of ether oxygens (including phenoxy) is 1. The molecular weight excluding hydrogens is 200 g/mol. The van der Waals surface area contributed by atoms with Gasteiger partial charge in [-0.2, -0.15) is 0 Å². The van der Waals surface area contributed by atoms with Gasteiger partial charge in [0, 0.05) is 12.6 Å². The van der Waals surface area contributed by atoms with Crippen molar-refractivity contribution in [3.8, 4) is 5.75 Å². The third-order valence-corrected chi connectivity index (χ3v) is 2.51. The second-order valence-corrected chi connectivity index (χ2v) is 4.41. The topological polar surface area (TPSA) is 47.3 Å². The van der Waals surface area contributed by atoms with E-state index in [1.807, 2.05) is 24.3 Å². The molecule has 1 unspecified atom stereocenters. The Hall–Kier alpha value is -1.22. The summed E-state index contributed by atoms with van der Waals surface area (Å²) in [6, 6.07) is 8.22. The molecule has 0 bridgehead atoms. The molecule has 90 valence electrons. The number of nitrogens with one attached hydrogen (secondary N) is 1. The first-order valence-corrected chi connectivity index (χ1v) is 5.77. The van der Waals surface area contributed by atoms with E-state index in [0.717, 1.165) is 17.9 Å². The Morgan fingerprint density at radius 2 is 2.00 bits per heavy atom. The first-order chi connectivity index (χ1) is 7.67. The second-order valence-electron chi connectivity index (χ2n) is 4.41. The quantitative estimate of drug-likeness (QED) is 0.777. The molecule has 16 heavy (non-hydrogen) atoms. The van der Waals surface area contributed by atoms with E-state index in [1.165, 1.54) is 0 Å². The highest BCUT2D eigenvalue weighted by Gasteiger charge is 2.10. The molecule has 0 saturated heterocycles. The molecule has 0 radical (unpaired) electrons. The minimum Gasteiger partial charge on any atom is -0.495 e. The largest absolute Gasteiger partial charge is 0.495 e. The van der Waals surface area contributed by atoms with Crippen molar-refractivity contribution < 1.29 is 4.74 Å². The molecule has 1 rings (SSSR count). The Morgan fingerprint density at radius 1 is 1.31 bits per heavy atom. The zero-order chi connectivity index (χ0) is 12.0. The predicted octanol–water partition coefficient (Wildman–Crippen LogP) is 2.48. The molecule has 0 aliphatic carbocycles. The summed E-state index contributed by atoms with van der Waals surface area (Å²) in [5.41, 5.74) is 6.77. The molecule has 1 atom stereocenters. The van der Waals surface area contributed by atoms with Crippen LogP contribution in [-0.4, -0.2) is 19.7 Å². The van der Waals surface area contributed by atoms with Gasteiger partial charge in [0.05, 0.1) is 12.8 Å². The van der Waals surface area contributed by atoms with Crippen LogP contribution >= 0.6 is 0 Å². The third kappa shape index (κ3) is 3.74. The SMILES string of the molecule is COc1ccccc1NC(CN)CC(C)C. The van der Waals surface area contributed by atoms with Gasteiger partial charge in [0.25, 0.3) is 0 Å². The van der Waals surface area contributed by atoms with E-state index >= 15 is 0 Å². The van der Waals surface area contributed by atoms with E-state index in [4.69, 9.17) is 10.5 Å². The summed E-state index contributed by atoms with van der Waals surface area (Å²) >= 11 is 0. The molecule has 0 amide bonds. The van der Waals surface area contributed by atoms with Crippen molar-refractivity contribution in [3.05, 3.63) is 24.3 Å². The molecule has 1 aromatic carbocycles. The van der Waals surface area contributed by atoms with Gasteiger partial charge in [-0.3, -0.25) is 0 Å². The summed E-state index contributed by atoms with van der Waals surface area (Å²) in [5.74, 6) is 1.50. The Kier molecular flexibility index (Phi) is 5.12. The van der Waals surface area contributed by atoms with Crippen molar-refractivity contribution in [1.29, 1.82) is 0 Å². The zero-order valence-corrected chi connectivity index (χ0v) is 10.4. The molecule has 0 saturated carbocycles. The van der Waals surface area contributed by atoms with Crippen molar-refractivity contribution >= 4 is 5.69 Å². The third-order valence-electron chi connectivity index (χ3n) is 2.51. The van der Waals surface area contributed by atoms with Crippen LogP contribution in [0.3, 0.4) is 0 Å². The van der Waals surface area contributed by atoms with Crippen molar-refractivity contribution in [3.63, 3.8) is 0 Å². The number of nitrogens with two attached hydrogens (primary N) is 1. The summed E-state index contributed by atoms with van der Waals surface area (Å²) in [4.78, 5) is 0. The first kappa shape index (κ1) is 12.8. The summed E-state index contributed by atoms with van der Waals surface area (Å²) in [6.07, 6.45) is 1.06. The molecule has 0 aromatic heterocycles. The Balaban J connectivity index is 2.69. The molecule has 3 N–H and O–H groups in total. The van der Waals surface area contributed by atoms with Gasteiger partial charge >= 0.3 is 0 Å². The molecule has 0 aliphatic rings. The first-order valence-electron chi connectivity index (χ1n) is 5.77. The Morgan fingerprint density at radius 3 is 2.56 bits per heavy atom. The minimum atomic E-state index is 0.302. The monoisotopic (exact) mass is 222 g/mol. The number of anilines is 1. The maximum Gasteiger partial charge on any atom is 0.141 e. The van der Waals surface area contributed by atoms with Crippen LogP contribution in [0.25, 0.3) is 0 Å². The van der Waals surface area contributed by atoms with E-state index in [-0.39, 0.29) is 0 Å². The number of hydrogen-bond acceptors (Lipinski definition) is 3. The fourth-order valence-electron chi connectivity index (χ4n) is 1.77. The average molecular weight is 222 g/mol. The van der Waals surface area contributed by atoms with Gasteiger partial charge in [0.15, 0.2) is 0 Å². The predicted molar refractivity (Wildman–Crippen MR) is 68.9 cm³/mol. The van der Waals surface area contributed by atoms with E-state index in [0.29, 0.717) is 18.5 Å². The van der Waals surface area contributed by atoms with Crippen LogP contribution in [0, 0.1) is 5.92 Å². The maximum absolute atomic E-state index is 5.76. The summed E-state index contributed by atoms with van der Waals surface area (Å²) < 4.78 is 5.29. The Labute approximate surface area is 98.0 Å². The van der Waals surface area contributed by atoms with E-state index < -0.39 is 0 Å². The molecule has 0 heterocycles. The number of para-hydroxylation sites is 2. The number of benzene rings is 1. The van der Waals surface area contributed by atoms with Crippen LogP contribution in [-0.2, 0) is 0 Å². The van der Waals surface area contributed by atoms with Crippen molar-refractivity contribution in [2.45, 2.75) is 26.3 Å². The molecule has 3 nitrogen and oxygen atoms in total. The average Bonchev–Trinajstić information content (AvgIpc) is 2.28. The fourth-order valence-corrected chi connectivity index (χ4v) is 1.77. The second kappa shape index (κ2) is 6.38. The number of rotatable bonds is 6. The van der Waals surface area contributed by atoms with Gasteiger partial charge in [-0.25, -0.2) is 0 Å². The molecule has 0 fully saturated rings. The van der Waals surface area contributed by atoms with E-state index in [9.17, 15) is 0 Å². The van der Waals surface area contributed by atoms with Crippen molar-refractivity contribution in [1.82, 2.24) is 0 Å². The summed E-state index contributed by atoms with van der Waals surface area (Å²) in [6.45, 7) is 5.04. The van der Waals surface area contributed by atoms with Gasteiger partial charge in [-0.15, -0.1) is 0 Å². The van der Waals surface area contributed by atoms with E-state index in [2.05, 4.69) is 19.2 Å². The molecule has 0 aliphatic heterocycles. The van der Waals surface area contributed by atoms with Gasteiger partial charge in [0.2, 0.25) is 0 Å². The smallest absolute Gasteiger partial charge is 0.141 e. The fraction of sp³-hybridized carbons (Fsp3) is 0.538. The van der Waals surface area contributed by atoms with Crippen LogP contribution in [0.5, 0.6) is 5.75 Å². The molecule has 0 spiro atoms. The summed E-state index contributed by atoms with van der Waals surface area (Å²) in [5, 5.41) is 3.43. The van der Waals surface area contributed by atoms with Crippen LogP contribution in [0.15, 0.2) is 24.3 Å². The molecule has 1 aromatic rings. The number of methoxy groups -OCH3 is 1. The highest BCUT2D eigenvalue weighted by atomic mass is 16.5. The van der Waals surface area contributed by atoms with Gasteiger partial charge in [0.1, 0.15) is 5.75 Å². The van der Waals surface area contributed by atoms with Gasteiger partial charge in [-0.1, -0.05) is 26.0 Å². The number of hydrogen-bond donors (Lipinski definition) is 2. The van der Waals surface area contributed by atoms with Crippen molar-refractivity contribution in [2.24, 2.45) is 11.7 Å². The van der Waals surface area contributed by atoms with Gasteiger partial charge < -0.3 is 15.8 Å². The van der Waals surface area contributed by atoms with Crippen molar-refractivity contribution in [2.75, 3.05) is 19.0 Å². The maximum atomic E-state index is 5.76. The zero-order valence-electron chi connectivity index (χ0n) is 10.4.